The molecule has 8 heteroatoms. The van der Waals surface area contributed by atoms with Crippen molar-refractivity contribution in [1.82, 2.24) is 0 Å². The van der Waals surface area contributed by atoms with Gasteiger partial charge in [0.2, 0.25) is 0 Å². The standard InChI is InChI=1S/C25H28O8/c1-20(2)15(21(3)7-5-17(26)32-21)10-23(33-20)13-25(28)16(31-23)4-8-22-12-24(22,25)19(27)30-18(22)14-6-9-29-11-14/h5-7,9,11,15-16,18,28H,4,8,10,12-13H2,1-3H3/t15-,16+,18-,21+,22-,23-,24-,25-/m1/s1. The number of hydrogen-bond acceptors (Lipinski definition) is 8. The number of carbonyl (C=O) groups excluding carboxylic acids is 2. The molecule has 8 atom stereocenters. The minimum atomic E-state index is -1.38. The average Bonchev–Trinajstić information content (AvgIpc) is 3.20. The van der Waals surface area contributed by atoms with Crippen molar-refractivity contribution in [3.05, 3.63) is 36.3 Å². The summed E-state index contributed by atoms with van der Waals surface area (Å²) in [4.78, 5) is 25.2. The van der Waals surface area contributed by atoms with E-state index in [0.29, 0.717) is 19.3 Å². The van der Waals surface area contributed by atoms with E-state index in [1.807, 2.05) is 26.8 Å². The van der Waals surface area contributed by atoms with Gasteiger partial charge in [0.25, 0.3) is 0 Å². The predicted octanol–water partition coefficient (Wildman–Crippen LogP) is 2.95. The Kier molecular flexibility index (Phi) is 3.41. The largest absolute Gasteiger partial charge is 0.472 e. The second-order valence-electron chi connectivity index (χ2n) is 11.6. The molecule has 0 bridgehead atoms. The number of esters is 2. The van der Waals surface area contributed by atoms with E-state index in [0.717, 1.165) is 12.0 Å². The Labute approximate surface area is 191 Å². The SMILES string of the molecule is CC1(C)O[C@]2(C[C@H]1[C@]1(C)C=CC(=O)O1)C[C@@]1(O)[C@H](CC[C@]34C[C@@]31C(=O)O[C@@H]4c1ccoc1)O2. The number of rotatable bonds is 2. The fourth-order valence-electron chi connectivity index (χ4n) is 8.31. The number of carbonyl (C=O) groups is 2. The molecule has 1 N–H and O–H groups in total. The second kappa shape index (κ2) is 5.56. The van der Waals surface area contributed by atoms with Crippen LogP contribution in [-0.2, 0) is 28.5 Å². The fourth-order valence-corrected chi connectivity index (χ4v) is 8.31. The van der Waals surface area contributed by atoms with E-state index in [1.54, 1.807) is 18.6 Å². The molecule has 33 heavy (non-hydrogen) atoms. The molecule has 3 saturated heterocycles. The molecule has 1 spiro atoms. The summed E-state index contributed by atoms with van der Waals surface area (Å²) in [6.07, 6.45) is 8.06. The summed E-state index contributed by atoms with van der Waals surface area (Å²) in [6.45, 7) is 5.81. The van der Waals surface area contributed by atoms with E-state index >= 15 is 0 Å². The van der Waals surface area contributed by atoms with E-state index < -0.39 is 45.6 Å². The summed E-state index contributed by atoms with van der Waals surface area (Å²) < 4.78 is 29.8. The van der Waals surface area contributed by atoms with Gasteiger partial charge in [0.15, 0.2) is 5.79 Å². The average molecular weight is 456 g/mol. The summed E-state index contributed by atoms with van der Waals surface area (Å²) in [5, 5.41) is 12.2. The third kappa shape index (κ3) is 2.14. The van der Waals surface area contributed by atoms with Crippen molar-refractivity contribution in [1.29, 1.82) is 0 Å². The first-order valence-corrected chi connectivity index (χ1v) is 11.8. The minimum absolute atomic E-state index is 0.174. The number of fused-ring (bicyclic) bond motifs is 1. The molecule has 1 aromatic rings. The topological polar surface area (TPSA) is 104 Å². The molecule has 5 fully saturated rings. The van der Waals surface area contributed by atoms with Crippen LogP contribution in [0.25, 0.3) is 0 Å². The zero-order chi connectivity index (χ0) is 23.1. The molecule has 2 saturated carbocycles. The Balaban J connectivity index is 1.24. The van der Waals surface area contributed by atoms with Crippen molar-refractivity contribution in [2.45, 2.75) is 87.7 Å². The zero-order valence-electron chi connectivity index (χ0n) is 19.0. The summed E-state index contributed by atoms with van der Waals surface area (Å²) in [6, 6.07) is 1.83. The smallest absolute Gasteiger partial charge is 0.331 e. The van der Waals surface area contributed by atoms with Crippen molar-refractivity contribution >= 4 is 11.9 Å². The Hall–Kier alpha value is -2.16. The Morgan fingerprint density at radius 3 is 2.67 bits per heavy atom. The molecular formula is C25H28O8. The summed E-state index contributed by atoms with van der Waals surface area (Å²) >= 11 is 0. The van der Waals surface area contributed by atoms with Crippen LogP contribution < -0.4 is 0 Å². The van der Waals surface area contributed by atoms with Crippen LogP contribution in [0.5, 0.6) is 0 Å². The molecule has 0 radical (unpaired) electrons. The Bertz CT molecular complexity index is 1110. The minimum Gasteiger partial charge on any atom is -0.472 e. The first-order chi connectivity index (χ1) is 15.5. The number of hydrogen-bond donors (Lipinski definition) is 1. The number of ether oxygens (including phenoxy) is 4. The second-order valence-corrected chi connectivity index (χ2v) is 11.6. The van der Waals surface area contributed by atoms with Crippen LogP contribution in [-0.4, -0.2) is 45.7 Å². The fraction of sp³-hybridized carbons (Fsp3) is 0.680. The normalized spacial score (nSPS) is 53.0. The van der Waals surface area contributed by atoms with Crippen LogP contribution in [0.1, 0.15) is 64.5 Å². The molecule has 8 nitrogen and oxygen atoms in total. The highest BCUT2D eigenvalue weighted by Gasteiger charge is 2.92. The third-order valence-corrected chi connectivity index (χ3v) is 9.61. The molecule has 0 aromatic carbocycles. The van der Waals surface area contributed by atoms with Crippen LogP contribution in [0, 0.1) is 16.7 Å². The van der Waals surface area contributed by atoms with Crippen LogP contribution in [0.4, 0.5) is 0 Å². The quantitative estimate of drug-likeness (QED) is 0.678. The van der Waals surface area contributed by atoms with Gasteiger partial charge in [0.1, 0.15) is 22.7 Å². The molecule has 176 valence electrons. The molecule has 5 heterocycles. The predicted molar refractivity (Wildman–Crippen MR) is 110 cm³/mol. The maximum absolute atomic E-state index is 13.3. The van der Waals surface area contributed by atoms with Crippen molar-refractivity contribution in [3.8, 4) is 0 Å². The monoisotopic (exact) mass is 456 g/mol. The molecule has 6 aliphatic rings. The van der Waals surface area contributed by atoms with E-state index in [-0.39, 0.29) is 24.3 Å². The third-order valence-electron chi connectivity index (χ3n) is 9.61. The van der Waals surface area contributed by atoms with Gasteiger partial charge in [-0.1, -0.05) is 0 Å². The van der Waals surface area contributed by atoms with Crippen LogP contribution in [0.3, 0.4) is 0 Å². The molecule has 0 unspecified atom stereocenters. The van der Waals surface area contributed by atoms with Gasteiger partial charge in [0.05, 0.1) is 24.2 Å². The van der Waals surface area contributed by atoms with Crippen LogP contribution >= 0.6 is 0 Å². The summed E-state index contributed by atoms with van der Waals surface area (Å²) in [5.74, 6) is -1.95. The molecule has 2 aliphatic carbocycles. The first-order valence-electron chi connectivity index (χ1n) is 11.8. The summed E-state index contributed by atoms with van der Waals surface area (Å²) in [5.41, 5.74) is -3.47. The van der Waals surface area contributed by atoms with Crippen molar-refractivity contribution in [3.63, 3.8) is 0 Å². The molecular weight excluding hydrogens is 428 g/mol. The number of cyclic esters (lactones) is 2. The highest BCUT2D eigenvalue weighted by molar-refractivity contribution is 5.88. The molecule has 1 aromatic heterocycles. The highest BCUT2D eigenvalue weighted by atomic mass is 16.7. The highest BCUT2D eigenvalue weighted by Crippen LogP contribution is 2.85. The van der Waals surface area contributed by atoms with Gasteiger partial charge in [-0.25, -0.2) is 4.79 Å². The number of aliphatic hydroxyl groups is 1. The van der Waals surface area contributed by atoms with E-state index in [1.165, 1.54) is 6.08 Å². The van der Waals surface area contributed by atoms with Gasteiger partial charge in [-0.3, -0.25) is 4.79 Å². The van der Waals surface area contributed by atoms with Gasteiger partial charge >= 0.3 is 11.9 Å². The molecule has 4 aliphatic heterocycles. The maximum Gasteiger partial charge on any atom is 0.331 e. The van der Waals surface area contributed by atoms with Gasteiger partial charge in [-0.15, -0.1) is 0 Å². The van der Waals surface area contributed by atoms with E-state index in [2.05, 4.69) is 0 Å². The van der Waals surface area contributed by atoms with Crippen LogP contribution in [0.15, 0.2) is 35.2 Å². The zero-order valence-corrected chi connectivity index (χ0v) is 19.0. The lowest BCUT2D eigenvalue weighted by molar-refractivity contribution is -0.240. The van der Waals surface area contributed by atoms with Crippen LogP contribution in [0.2, 0.25) is 0 Å². The van der Waals surface area contributed by atoms with Gasteiger partial charge < -0.3 is 28.5 Å². The lowest BCUT2D eigenvalue weighted by Gasteiger charge is -2.39. The lowest BCUT2D eigenvalue weighted by Crippen LogP contribution is -2.54. The Morgan fingerprint density at radius 2 is 1.97 bits per heavy atom. The van der Waals surface area contributed by atoms with Crippen molar-refractivity contribution < 1.29 is 38.1 Å². The Morgan fingerprint density at radius 1 is 1.15 bits per heavy atom. The van der Waals surface area contributed by atoms with Gasteiger partial charge in [0, 0.05) is 35.8 Å². The summed E-state index contributed by atoms with van der Waals surface area (Å²) in [7, 11) is 0. The van der Waals surface area contributed by atoms with E-state index in [9.17, 15) is 14.7 Å². The molecule has 7 rings (SSSR count). The van der Waals surface area contributed by atoms with Crippen molar-refractivity contribution in [2.75, 3.05) is 0 Å². The first kappa shape index (κ1) is 20.2. The van der Waals surface area contributed by atoms with Crippen molar-refractivity contribution in [2.24, 2.45) is 16.7 Å². The maximum atomic E-state index is 13.3. The molecule has 0 amide bonds. The number of furan rings is 1. The van der Waals surface area contributed by atoms with Gasteiger partial charge in [-0.05, 0) is 52.2 Å². The van der Waals surface area contributed by atoms with Gasteiger partial charge in [-0.2, -0.15) is 0 Å². The lowest BCUT2D eigenvalue weighted by atomic mass is 9.65. The van der Waals surface area contributed by atoms with E-state index in [4.69, 9.17) is 23.4 Å².